The number of rotatable bonds is 3. The molecule has 0 aliphatic carbocycles. The lowest BCUT2D eigenvalue weighted by Gasteiger charge is -2.29. The summed E-state index contributed by atoms with van der Waals surface area (Å²) in [7, 11) is 0. The number of fused-ring (bicyclic) bond motifs is 1. The van der Waals surface area contributed by atoms with Gasteiger partial charge in [0.05, 0.1) is 18.9 Å². The fourth-order valence-corrected chi connectivity index (χ4v) is 2.81. The molecule has 0 amide bonds. The van der Waals surface area contributed by atoms with Crippen molar-refractivity contribution in [2.75, 3.05) is 36.6 Å². The number of nitrogens with one attached hydrogen (secondary N) is 1. The predicted molar refractivity (Wildman–Crippen MR) is 91.8 cm³/mol. The molecule has 0 atom stereocenters. The van der Waals surface area contributed by atoms with E-state index in [1.54, 1.807) is 0 Å². The van der Waals surface area contributed by atoms with Crippen LogP contribution in [-0.2, 0) is 4.74 Å². The Bertz CT molecular complexity index is 853. The number of ether oxygens (including phenoxy) is 1. The van der Waals surface area contributed by atoms with Gasteiger partial charge in [-0.25, -0.2) is 10.8 Å². The number of aryl methyl sites for hydroxylation is 1. The minimum Gasteiger partial charge on any atom is -0.378 e. The molecule has 124 valence electrons. The summed E-state index contributed by atoms with van der Waals surface area (Å²) in [5, 5.41) is 4.73. The van der Waals surface area contributed by atoms with Gasteiger partial charge in [0.15, 0.2) is 5.65 Å². The summed E-state index contributed by atoms with van der Waals surface area (Å²) < 4.78 is 7.29. The van der Waals surface area contributed by atoms with Gasteiger partial charge in [0.2, 0.25) is 0 Å². The third-order valence-corrected chi connectivity index (χ3v) is 4.10. The van der Waals surface area contributed by atoms with Crippen LogP contribution in [0.15, 0.2) is 30.5 Å². The number of nitrogens with two attached hydrogens (primary N) is 1. The molecular formula is C16H19N7O. The molecule has 3 N–H and O–H groups in total. The summed E-state index contributed by atoms with van der Waals surface area (Å²) in [5.41, 5.74) is 6.14. The zero-order valence-corrected chi connectivity index (χ0v) is 13.4. The lowest BCUT2D eigenvalue weighted by Crippen LogP contribution is -2.37. The Morgan fingerprint density at radius 2 is 2.04 bits per heavy atom. The van der Waals surface area contributed by atoms with Crippen molar-refractivity contribution in [1.29, 1.82) is 0 Å². The predicted octanol–water partition coefficient (Wildman–Crippen LogP) is 1.22. The minimum atomic E-state index is 0.609. The molecule has 8 nitrogen and oxygen atoms in total. The van der Waals surface area contributed by atoms with Crippen LogP contribution in [0.3, 0.4) is 0 Å². The molecule has 3 aromatic rings. The van der Waals surface area contributed by atoms with Crippen LogP contribution in [0.1, 0.15) is 5.69 Å². The first-order chi connectivity index (χ1) is 11.7. The van der Waals surface area contributed by atoms with E-state index >= 15 is 0 Å². The molecule has 4 rings (SSSR count). The summed E-state index contributed by atoms with van der Waals surface area (Å²) in [4.78, 5) is 11.1. The van der Waals surface area contributed by atoms with E-state index in [0.29, 0.717) is 19.0 Å². The lowest BCUT2D eigenvalue weighted by atomic mass is 10.2. The van der Waals surface area contributed by atoms with Crippen LogP contribution >= 0.6 is 0 Å². The van der Waals surface area contributed by atoms with Crippen LogP contribution in [0, 0.1) is 6.92 Å². The van der Waals surface area contributed by atoms with Crippen LogP contribution in [-0.4, -0.2) is 45.9 Å². The van der Waals surface area contributed by atoms with Gasteiger partial charge in [-0.1, -0.05) is 0 Å². The quantitative estimate of drug-likeness (QED) is 0.552. The second kappa shape index (κ2) is 6.06. The minimum absolute atomic E-state index is 0.609. The van der Waals surface area contributed by atoms with Gasteiger partial charge >= 0.3 is 0 Å². The standard InChI is InChI=1S/C16H19N7O/c1-11-2-3-12(10-18-11)13-8-15-19-14(20-17)9-16(23(15)21-13)22-4-6-24-7-5-22/h2-3,8-10H,4-7,17H2,1H3,(H,19,20). The molecule has 1 aliphatic heterocycles. The van der Waals surface area contributed by atoms with Crippen molar-refractivity contribution in [3.8, 4) is 11.3 Å². The van der Waals surface area contributed by atoms with Crippen LogP contribution in [0.2, 0.25) is 0 Å². The van der Waals surface area contributed by atoms with Gasteiger partial charge < -0.3 is 15.1 Å². The van der Waals surface area contributed by atoms with Gasteiger partial charge in [-0.05, 0) is 19.1 Å². The number of nitrogens with zero attached hydrogens (tertiary/aromatic N) is 5. The second-order valence-electron chi connectivity index (χ2n) is 5.73. The molecule has 0 radical (unpaired) electrons. The Kier molecular flexibility index (Phi) is 3.75. The van der Waals surface area contributed by atoms with Gasteiger partial charge in [-0.15, -0.1) is 0 Å². The number of hydrazine groups is 1. The average Bonchev–Trinajstić information content (AvgIpc) is 3.06. The third-order valence-electron chi connectivity index (χ3n) is 4.10. The fourth-order valence-electron chi connectivity index (χ4n) is 2.81. The first-order valence-electron chi connectivity index (χ1n) is 7.88. The number of hydrogen-bond donors (Lipinski definition) is 2. The van der Waals surface area contributed by atoms with E-state index in [4.69, 9.17) is 15.7 Å². The molecule has 1 fully saturated rings. The molecule has 1 saturated heterocycles. The fraction of sp³-hybridized carbons (Fsp3) is 0.312. The van der Waals surface area contributed by atoms with Crippen molar-refractivity contribution in [2.24, 2.45) is 5.84 Å². The molecule has 0 saturated carbocycles. The summed E-state index contributed by atoms with van der Waals surface area (Å²) in [5.74, 6) is 7.13. The summed E-state index contributed by atoms with van der Waals surface area (Å²) in [6.45, 7) is 4.98. The molecule has 8 heteroatoms. The van der Waals surface area contributed by atoms with E-state index in [1.807, 2.05) is 41.9 Å². The molecule has 0 aromatic carbocycles. The van der Waals surface area contributed by atoms with Crippen molar-refractivity contribution in [2.45, 2.75) is 6.92 Å². The Labute approximate surface area is 139 Å². The zero-order chi connectivity index (χ0) is 16.5. The van der Waals surface area contributed by atoms with Crippen molar-refractivity contribution in [3.63, 3.8) is 0 Å². The van der Waals surface area contributed by atoms with Gasteiger partial charge in [0, 0.05) is 42.7 Å². The van der Waals surface area contributed by atoms with Crippen LogP contribution in [0.4, 0.5) is 11.6 Å². The number of pyridine rings is 1. The molecule has 1 aliphatic rings. The van der Waals surface area contributed by atoms with E-state index < -0.39 is 0 Å². The van der Waals surface area contributed by atoms with E-state index in [-0.39, 0.29) is 0 Å². The zero-order valence-electron chi connectivity index (χ0n) is 13.4. The second-order valence-corrected chi connectivity index (χ2v) is 5.73. The monoisotopic (exact) mass is 325 g/mol. The first kappa shape index (κ1) is 14.9. The Balaban J connectivity index is 1.83. The van der Waals surface area contributed by atoms with Crippen molar-refractivity contribution in [1.82, 2.24) is 19.6 Å². The van der Waals surface area contributed by atoms with Gasteiger partial charge in [-0.3, -0.25) is 4.98 Å². The van der Waals surface area contributed by atoms with Crippen molar-refractivity contribution in [3.05, 3.63) is 36.2 Å². The molecule has 0 spiro atoms. The number of morpholine rings is 1. The van der Waals surface area contributed by atoms with E-state index in [2.05, 4.69) is 20.3 Å². The van der Waals surface area contributed by atoms with Crippen LogP contribution in [0.5, 0.6) is 0 Å². The summed E-state index contributed by atoms with van der Waals surface area (Å²) in [6, 6.07) is 7.84. The first-order valence-corrected chi connectivity index (χ1v) is 7.88. The van der Waals surface area contributed by atoms with Crippen LogP contribution < -0.4 is 16.2 Å². The van der Waals surface area contributed by atoms with E-state index in [9.17, 15) is 0 Å². The lowest BCUT2D eigenvalue weighted by molar-refractivity contribution is 0.122. The highest BCUT2D eigenvalue weighted by Gasteiger charge is 2.18. The highest BCUT2D eigenvalue weighted by Crippen LogP contribution is 2.25. The van der Waals surface area contributed by atoms with Crippen molar-refractivity contribution >= 4 is 17.3 Å². The van der Waals surface area contributed by atoms with Crippen molar-refractivity contribution < 1.29 is 4.74 Å². The normalized spacial score (nSPS) is 15.0. The van der Waals surface area contributed by atoms with E-state index in [1.165, 1.54) is 0 Å². The molecular weight excluding hydrogens is 306 g/mol. The maximum absolute atomic E-state index is 5.58. The number of nitrogen functional groups attached to an aromatic ring is 1. The maximum Gasteiger partial charge on any atom is 0.160 e. The van der Waals surface area contributed by atoms with E-state index in [0.717, 1.165) is 41.5 Å². The third kappa shape index (κ3) is 2.66. The largest absolute Gasteiger partial charge is 0.378 e. The maximum atomic E-state index is 5.58. The average molecular weight is 325 g/mol. The molecule has 3 aromatic heterocycles. The smallest absolute Gasteiger partial charge is 0.160 e. The number of aromatic nitrogens is 4. The SMILES string of the molecule is Cc1ccc(-c2cc3nc(NN)cc(N4CCOCC4)n3n2)cn1. The number of hydrogen-bond acceptors (Lipinski definition) is 7. The Morgan fingerprint density at radius 1 is 1.21 bits per heavy atom. The number of anilines is 2. The Hall–Kier alpha value is -2.71. The molecule has 24 heavy (non-hydrogen) atoms. The van der Waals surface area contributed by atoms with Gasteiger partial charge in [-0.2, -0.15) is 9.61 Å². The highest BCUT2D eigenvalue weighted by molar-refractivity contribution is 5.67. The summed E-state index contributed by atoms with van der Waals surface area (Å²) >= 11 is 0. The van der Waals surface area contributed by atoms with Crippen LogP contribution in [0.25, 0.3) is 16.9 Å². The Morgan fingerprint density at radius 3 is 2.75 bits per heavy atom. The topological polar surface area (TPSA) is 93.6 Å². The van der Waals surface area contributed by atoms with Gasteiger partial charge in [0.1, 0.15) is 11.6 Å². The van der Waals surface area contributed by atoms with Gasteiger partial charge in [0.25, 0.3) is 0 Å². The molecule has 0 unspecified atom stereocenters. The molecule has 4 heterocycles. The summed E-state index contributed by atoms with van der Waals surface area (Å²) in [6.07, 6.45) is 1.83. The highest BCUT2D eigenvalue weighted by atomic mass is 16.5. The molecule has 0 bridgehead atoms.